The molecular formula is C19H29BrN2O2Si. The normalized spacial score (nSPS) is 12.5. The first-order chi connectivity index (χ1) is 11.6. The third kappa shape index (κ3) is 4.54. The fourth-order valence-corrected chi connectivity index (χ4v) is 4.17. The van der Waals surface area contributed by atoms with Crippen LogP contribution in [0.4, 0.5) is 0 Å². The van der Waals surface area contributed by atoms with E-state index in [9.17, 15) is 0 Å². The first-order valence-electron chi connectivity index (χ1n) is 8.56. The van der Waals surface area contributed by atoms with Gasteiger partial charge in [0.2, 0.25) is 0 Å². The number of hydrogen-bond acceptors (Lipinski definition) is 3. The molecule has 0 aliphatic carbocycles. The minimum Gasteiger partial charge on any atom is -0.497 e. The third-order valence-electron chi connectivity index (χ3n) is 5.07. The van der Waals surface area contributed by atoms with Crippen molar-refractivity contribution >= 4 is 24.2 Å². The molecule has 0 saturated carbocycles. The minimum atomic E-state index is -1.72. The van der Waals surface area contributed by atoms with Crippen LogP contribution in [-0.2, 0) is 17.9 Å². The molecule has 0 bridgehead atoms. The van der Waals surface area contributed by atoms with Gasteiger partial charge in [-0.25, -0.2) is 0 Å². The summed E-state index contributed by atoms with van der Waals surface area (Å²) in [6, 6.07) is 7.97. The molecule has 0 amide bonds. The van der Waals surface area contributed by atoms with Crippen LogP contribution < -0.4 is 4.74 Å². The average molecular weight is 425 g/mol. The summed E-state index contributed by atoms with van der Waals surface area (Å²) in [7, 11) is 1.94. The maximum Gasteiger partial charge on any atom is 0.191 e. The highest BCUT2D eigenvalue weighted by Gasteiger charge is 2.37. The fourth-order valence-electron chi connectivity index (χ4n) is 2.36. The van der Waals surface area contributed by atoms with Crippen LogP contribution >= 0.6 is 15.9 Å². The van der Waals surface area contributed by atoms with Crippen LogP contribution in [0, 0.1) is 0 Å². The highest BCUT2D eigenvalue weighted by molar-refractivity contribution is 9.10. The predicted molar refractivity (Wildman–Crippen MR) is 110 cm³/mol. The molecule has 4 nitrogen and oxygen atoms in total. The Bertz CT molecular complexity index is 718. The van der Waals surface area contributed by atoms with Gasteiger partial charge in [-0.15, -0.1) is 0 Å². The van der Waals surface area contributed by atoms with Gasteiger partial charge in [0, 0.05) is 25.6 Å². The van der Waals surface area contributed by atoms with E-state index in [-0.39, 0.29) is 5.04 Å². The van der Waals surface area contributed by atoms with E-state index in [0.29, 0.717) is 0 Å². The Hall–Kier alpha value is -1.11. The molecule has 1 aromatic carbocycles. The zero-order valence-corrected chi connectivity index (χ0v) is 18.9. The van der Waals surface area contributed by atoms with Gasteiger partial charge < -0.3 is 9.16 Å². The molecule has 0 aliphatic heterocycles. The fraction of sp³-hybridized carbons (Fsp3) is 0.526. The van der Waals surface area contributed by atoms with Gasteiger partial charge >= 0.3 is 0 Å². The van der Waals surface area contributed by atoms with Crippen LogP contribution in [0.1, 0.15) is 26.5 Å². The van der Waals surface area contributed by atoms with Gasteiger partial charge in [0.05, 0.1) is 17.3 Å². The predicted octanol–water partition coefficient (Wildman–Crippen LogP) is 5.42. The molecule has 0 unspecified atom stereocenters. The first-order valence-corrected chi connectivity index (χ1v) is 12.3. The SMILES string of the molecule is COc1ccc(-c2nn(C)c(CCO[Si](C)(C)C(C)(C)C)c2Br)cc1. The molecule has 0 atom stereocenters. The lowest BCUT2D eigenvalue weighted by molar-refractivity contribution is 0.289. The second-order valence-corrected chi connectivity index (χ2v) is 13.4. The number of rotatable bonds is 6. The molecule has 0 spiro atoms. The molecule has 2 aromatic rings. The lowest BCUT2D eigenvalue weighted by Gasteiger charge is -2.36. The molecule has 6 heteroatoms. The van der Waals surface area contributed by atoms with Crippen LogP contribution in [0.2, 0.25) is 18.1 Å². The Morgan fingerprint density at radius 1 is 1.16 bits per heavy atom. The number of benzene rings is 1. The van der Waals surface area contributed by atoms with Crippen molar-refractivity contribution in [2.75, 3.05) is 13.7 Å². The van der Waals surface area contributed by atoms with E-state index in [1.165, 1.54) is 0 Å². The number of aromatic nitrogens is 2. The highest BCUT2D eigenvalue weighted by Crippen LogP contribution is 2.37. The Kier molecular flexibility index (Phi) is 6.17. The zero-order chi connectivity index (χ0) is 18.8. The maximum absolute atomic E-state index is 6.31. The van der Waals surface area contributed by atoms with Crippen LogP contribution in [-0.4, -0.2) is 31.8 Å². The minimum absolute atomic E-state index is 0.227. The molecule has 0 fully saturated rings. The van der Waals surface area contributed by atoms with Crippen LogP contribution in [0.3, 0.4) is 0 Å². The average Bonchev–Trinajstić information content (AvgIpc) is 2.82. The summed E-state index contributed by atoms with van der Waals surface area (Å²) in [5.41, 5.74) is 3.18. The van der Waals surface area contributed by atoms with E-state index < -0.39 is 8.32 Å². The third-order valence-corrected chi connectivity index (χ3v) is 10.4. The van der Waals surface area contributed by atoms with Crippen molar-refractivity contribution in [2.24, 2.45) is 7.05 Å². The first kappa shape index (κ1) is 20.2. The molecule has 2 rings (SSSR count). The van der Waals surface area contributed by atoms with Crippen molar-refractivity contribution in [3.63, 3.8) is 0 Å². The van der Waals surface area contributed by atoms with E-state index in [4.69, 9.17) is 9.16 Å². The quantitative estimate of drug-likeness (QED) is 0.580. The van der Waals surface area contributed by atoms with Crippen LogP contribution in [0.15, 0.2) is 28.7 Å². The van der Waals surface area contributed by atoms with E-state index in [2.05, 4.69) is 54.9 Å². The van der Waals surface area contributed by atoms with Crippen molar-refractivity contribution < 1.29 is 9.16 Å². The van der Waals surface area contributed by atoms with Gasteiger partial charge in [-0.05, 0) is 58.3 Å². The topological polar surface area (TPSA) is 36.3 Å². The van der Waals surface area contributed by atoms with Crippen molar-refractivity contribution in [1.82, 2.24) is 9.78 Å². The Morgan fingerprint density at radius 2 is 1.76 bits per heavy atom. The molecule has 1 heterocycles. The van der Waals surface area contributed by atoms with E-state index in [1.54, 1.807) is 7.11 Å². The number of aryl methyl sites for hydroxylation is 1. The van der Waals surface area contributed by atoms with Gasteiger partial charge in [-0.3, -0.25) is 4.68 Å². The number of ether oxygens (including phenoxy) is 1. The highest BCUT2D eigenvalue weighted by atomic mass is 79.9. The standard InChI is InChI=1S/C19H29BrN2O2Si/c1-19(2,3)25(6,7)24-13-12-16-17(20)18(21-22(16)4)14-8-10-15(23-5)11-9-14/h8-11H,12-13H2,1-7H3. The van der Waals surface area contributed by atoms with Crippen LogP contribution in [0.5, 0.6) is 5.75 Å². The monoisotopic (exact) mass is 424 g/mol. The second-order valence-electron chi connectivity index (χ2n) is 7.82. The van der Waals surface area contributed by atoms with Crippen LogP contribution in [0.25, 0.3) is 11.3 Å². The molecular weight excluding hydrogens is 396 g/mol. The van der Waals surface area contributed by atoms with Gasteiger partial charge in [0.25, 0.3) is 0 Å². The molecule has 0 saturated heterocycles. The molecule has 25 heavy (non-hydrogen) atoms. The Labute approximate surface area is 160 Å². The summed E-state index contributed by atoms with van der Waals surface area (Å²) >= 11 is 3.74. The lowest BCUT2D eigenvalue weighted by Crippen LogP contribution is -2.41. The second kappa shape index (κ2) is 7.64. The summed E-state index contributed by atoms with van der Waals surface area (Å²) in [5.74, 6) is 0.846. The Balaban J connectivity index is 2.14. The lowest BCUT2D eigenvalue weighted by atomic mass is 10.1. The van der Waals surface area contributed by atoms with E-state index >= 15 is 0 Å². The van der Waals surface area contributed by atoms with Gasteiger partial charge in [0.1, 0.15) is 11.4 Å². The molecule has 0 N–H and O–H groups in total. The van der Waals surface area contributed by atoms with Gasteiger partial charge in [0.15, 0.2) is 8.32 Å². The summed E-state index contributed by atoms with van der Waals surface area (Å²) < 4.78 is 14.5. The molecule has 1 aromatic heterocycles. The zero-order valence-electron chi connectivity index (χ0n) is 16.3. The van der Waals surface area contributed by atoms with Crippen molar-refractivity contribution in [3.05, 3.63) is 34.4 Å². The number of methoxy groups -OCH3 is 1. The summed E-state index contributed by atoms with van der Waals surface area (Å²) in [4.78, 5) is 0. The number of nitrogens with zero attached hydrogens (tertiary/aromatic N) is 2. The van der Waals surface area contributed by atoms with Gasteiger partial charge in [-0.2, -0.15) is 5.10 Å². The van der Waals surface area contributed by atoms with E-state index in [1.807, 2.05) is 36.0 Å². The maximum atomic E-state index is 6.31. The molecule has 0 aliphatic rings. The molecule has 138 valence electrons. The van der Waals surface area contributed by atoms with Crippen molar-refractivity contribution in [2.45, 2.75) is 45.3 Å². The van der Waals surface area contributed by atoms with Crippen molar-refractivity contribution in [3.8, 4) is 17.0 Å². The largest absolute Gasteiger partial charge is 0.497 e. The Morgan fingerprint density at radius 3 is 2.28 bits per heavy atom. The van der Waals surface area contributed by atoms with Gasteiger partial charge in [-0.1, -0.05) is 20.8 Å². The number of halogens is 1. The van der Waals surface area contributed by atoms with E-state index in [0.717, 1.165) is 40.2 Å². The summed E-state index contributed by atoms with van der Waals surface area (Å²) in [5, 5.41) is 4.91. The smallest absolute Gasteiger partial charge is 0.191 e. The van der Waals surface area contributed by atoms with Crippen molar-refractivity contribution in [1.29, 1.82) is 0 Å². The number of hydrogen-bond donors (Lipinski definition) is 0. The summed E-state index contributed by atoms with van der Waals surface area (Å²) in [6.07, 6.45) is 0.840. The summed E-state index contributed by atoms with van der Waals surface area (Å²) in [6.45, 7) is 12.1. The molecule has 0 radical (unpaired) electrons.